The van der Waals surface area contributed by atoms with Crippen LogP contribution in [0.3, 0.4) is 0 Å². The number of carbonyl (C=O) groups excluding carboxylic acids is 2. The van der Waals surface area contributed by atoms with Gasteiger partial charge in [-0.05, 0) is 77.0 Å². The van der Waals surface area contributed by atoms with Gasteiger partial charge >= 0.3 is 19.8 Å². The van der Waals surface area contributed by atoms with Crippen molar-refractivity contribution in [2.45, 2.75) is 200 Å². The SMILES string of the molecule is CC/C=C\C/C=C\C/C=C\C/C=C\C/C=C\C/C=C\CCC(=O)OC(COC(=O)CCCCCCCCCCC/C=C\CCCCCCCCCC)COP(=O)(O)OCCN. The van der Waals surface area contributed by atoms with Crippen molar-refractivity contribution in [3.63, 3.8) is 0 Å². The molecule has 0 spiro atoms. The number of carbonyl (C=O) groups is 2. The number of allylic oxidation sites excluding steroid dienone is 14. The van der Waals surface area contributed by atoms with Crippen LogP contribution in [0.25, 0.3) is 0 Å². The standard InChI is InChI=1S/C51H88NO8P/c1-3-5-7-9-11-13-15-17-19-21-23-24-26-27-29-31-33-35-37-39-41-43-50(53)57-47-49(48-59-61(55,56)58-46-45-52)60-51(54)44-42-40-38-36-34-32-30-28-25-22-20-18-16-14-12-10-8-6-4-2/h6,8,12,14,18,20-21,23,25,28,32,34,38,40,49H,3-5,7,9-11,13,15-17,19,22,24,26-27,29-31,33,35-37,39,41-48,52H2,1-2H3,(H,55,56)/b8-6-,14-12-,20-18-,23-21-,28-25-,34-32-,40-38-. The molecule has 10 heteroatoms. The average molecular weight is 874 g/mol. The van der Waals surface area contributed by atoms with Gasteiger partial charge in [0, 0.05) is 19.4 Å². The van der Waals surface area contributed by atoms with Gasteiger partial charge in [-0.15, -0.1) is 0 Å². The minimum atomic E-state index is -4.41. The Balaban J connectivity index is 4.20. The lowest BCUT2D eigenvalue weighted by Gasteiger charge is -2.19. The first-order valence-electron chi connectivity index (χ1n) is 24.1. The Morgan fingerprint density at radius 3 is 1.41 bits per heavy atom. The maximum atomic E-state index is 12.6. The summed E-state index contributed by atoms with van der Waals surface area (Å²) in [7, 11) is -4.41. The number of esters is 2. The van der Waals surface area contributed by atoms with Crippen molar-refractivity contribution in [1.29, 1.82) is 0 Å². The number of phosphoric ester groups is 1. The normalized spacial score (nSPS) is 14.0. The van der Waals surface area contributed by atoms with E-state index in [1.807, 2.05) is 12.2 Å². The molecule has 0 saturated carbocycles. The van der Waals surface area contributed by atoms with E-state index in [9.17, 15) is 19.0 Å². The van der Waals surface area contributed by atoms with Crippen LogP contribution in [0.5, 0.6) is 0 Å². The molecule has 0 heterocycles. The van der Waals surface area contributed by atoms with Gasteiger partial charge in [0.15, 0.2) is 6.10 Å². The van der Waals surface area contributed by atoms with Gasteiger partial charge in [-0.3, -0.25) is 18.6 Å². The van der Waals surface area contributed by atoms with E-state index in [0.29, 0.717) is 6.42 Å². The molecule has 0 aromatic carbocycles. The molecule has 0 radical (unpaired) electrons. The number of phosphoric acid groups is 1. The van der Waals surface area contributed by atoms with Crippen molar-refractivity contribution in [2.24, 2.45) is 5.73 Å². The van der Waals surface area contributed by atoms with E-state index in [-0.39, 0.29) is 32.6 Å². The summed E-state index contributed by atoms with van der Waals surface area (Å²) in [6.07, 6.45) is 59.2. The third kappa shape index (κ3) is 46.5. The molecular formula is C51H88NO8P. The summed E-state index contributed by atoms with van der Waals surface area (Å²) < 4.78 is 32.8. The average Bonchev–Trinajstić information content (AvgIpc) is 3.25. The maximum Gasteiger partial charge on any atom is 0.472 e. The van der Waals surface area contributed by atoms with E-state index in [4.69, 9.17) is 24.3 Å². The van der Waals surface area contributed by atoms with Gasteiger partial charge in [-0.1, -0.05) is 189 Å². The fourth-order valence-electron chi connectivity index (χ4n) is 6.24. The van der Waals surface area contributed by atoms with Crippen LogP contribution in [0.1, 0.15) is 194 Å². The predicted octanol–water partition coefficient (Wildman–Crippen LogP) is 14.4. The van der Waals surface area contributed by atoms with E-state index in [1.165, 1.54) is 96.3 Å². The van der Waals surface area contributed by atoms with Gasteiger partial charge in [0.1, 0.15) is 6.61 Å². The second kappa shape index (κ2) is 46.7. The Kier molecular flexibility index (Phi) is 44.5. The second-order valence-electron chi connectivity index (χ2n) is 15.6. The van der Waals surface area contributed by atoms with Crippen molar-refractivity contribution >= 4 is 19.8 Å². The molecule has 0 saturated heterocycles. The number of nitrogens with two attached hydrogens (primary N) is 1. The molecule has 0 fully saturated rings. The van der Waals surface area contributed by atoms with E-state index >= 15 is 0 Å². The Morgan fingerprint density at radius 1 is 0.508 bits per heavy atom. The third-order valence-corrected chi connectivity index (χ3v) is 10.8. The van der Waals surface area contributed by atoms with Crippen LogP contribution in [-0.4, -0.2) is 49.3 Å². The summed E-state index contributed by atoms with van der Waals surface area (Å²) in [6, 6.07) is 0. The molecule has 0 bridgehead atoms. The summed E-state index contributed by atoms with van der Waals surface area (Å²) in [6.45, 7) is 3.53. The van der Waals surface area contributed by atoms with Gasteiger partial charge in [0.05, 0.1) is 13.2 Å². The minimum absolute atomic E-state index is 0.0378. The van der Waals surface area contributed by atoms with Crippen molar-refractivity contribution < 1.29 is 37.6 Å². The lowest BCUT2D eigenvalue weighted by Crippen LogP contribution is -2.29. The summed E-state index contributed by atoms with van der Waals surface area (Å²) in [4.78, 5) is 34.9. The Bertz CT molecular complexity index is 1270. The first-order valence-corrected chi connectivity index (χ1v) is 25.6. The molecule has 2 unspecified atom stereocenters. The minimum Gasteiger partial charge on any atom is -0.462 e. The molecule has 0 rings (SSSR count). The summed E-state index contributed by atoms with van der Waals surface area (Å²) in [5.74, 6) is -0.932. The zero-order valence-corrected chi connectivity index (χ0v) is 39.5. The molecule has 0 aliphatic rings. The van der Waals surface area contributed by atoms with Crippen molar-refractivity contribution in [1.82, 2.24) is 0 Å². The highest BCUT2D eigenvalue weighted by molar-refractivity contribution is 7.47. The third-order valence-electron chi connectivity index (χ3n) is 9.78. The van der Waals surface area contributed by atoms with Gasteiger partial charge < -0.3 is 20.1 Å². The largest absolute Gasteiger partial charge is 0.472 e. The molecule has 0 aromatic rings. The highest BCUT2D eigenvalue weighted by atomic mass is 31.2. The van der Waals surface area contributed by atoms with Crippen LogP contribution in [0.2, 0.25) is 0 Å². The van der Waals surface area contributed by atoms with Gasteiger partial charge in [0.2, 0.25) is 0 Å². The fraction of sp³-hybridized carbons (Fsp3) is 0.686. The quantitative estimate of drug-likeness (QED) is 0.0265. The van der Waals surface area contributed by atoms with Gasteiger partial charge in [-0.25, -0.2) is 4.57 Å². The maximum absolute atomic E-state index is 12.6. The van der Waals surface area contributed by atoms with Crippen molar-refractivity contribution in [3.05, 3.63) is 85.1 Å². The Hall–Kier alpha value is -2.81. The zero-order valence-electron chi connectivity index (χ0n) is 38.6. The van der Waals surface area contributed by atoms with Crippen LogP contribution in [0.4, 0.5) is 0 Å². The molecule has 0 aliphatic carbocycles. The highest BCUT2D eigenvalue weighted by Crippen LogP contribution is 2.43. The van der Waals surface area contributed by atoms with Gasteiger partial charge in [-0.2, -0.15) is 0 Å². The molecule has 61 heavy (non-hydrogen) atoms. The summed E-state index contributed by atoms with van der Waals surface area (Å²) in [5, 5.41) is 0. The first-order chi connectivity index (χ1) is 29.8. The van der Waals surface area contributed by atoms with Crippen LogP contribution in [-0.2, 0) is 32.7 Å². The Morgan fingerprint density at radius 2 is 0.934 bits per heavy atom. The molecule has 2 atom stereocenters. The summed E-state index contributed by atoms with van der Waals surface area (Å²) in [5.41, 5.74) is 5.35. The molecular weight excluding hydrogens is 786 g/mol. The topological polar surface area (TPSA) is 134 Å². The number of unbranched alkanes of at least 4 members (excludes halogenated alkanes) is 17. The van der Waals surface area contributed by atoms with E-state index < -0.39 is 32.5 Å². The van der Waals surface area contributed by atoms with Crippen LogP contribution >= 0.6 is 7.82 Å². The van der Waals surface area contributed by atoms with Gasteiger partial charge in [0.25, 0.3) is 0 Å². The highest BCUT2D eigenvalue weighted by Gasteiger charge is 2.25. The molecule has 0 aromatic heterocycles. The molecule has 9 nitrogen and oxygen atoms in total. The second-order valence-corrected chi connectivity index (χ2v) is 17.0. The molecule has 3 N–H and O–H groups in total. The Labute approximate surface area is 373 Å². The predicted molar refractivity (Wildman–Crippen MR) is 256 cm³/mol. The van der Waals surface area contributed by atoms with E-state index in [0.717, 1.165) is 64.2 Å². The number of hydrogen-bond acceptors (Lipinski definition) is 8. The van der Waals surface area contributed by atoms with E-state index in [1.54, 1.807) is 0 Å². The van der Waals surface area contributed by atoms with Crippen LogP contribution < -0.4 is 5.73 Å². The molecule has 0 amide bonds. The lowest BCUT2D eigenvalue weighted by molar-refractivity contribution is -0.161. The van der Waals surface area contributed by atoms with Crippen LogP contribution in [0, 0.1) is 0 Å². The smallest absolute Gasteiger partial charge is 0.462 e. The molecule has 350 valence electrons. The van der Waals surface area contributed by atoms with E-state index in [2.05, 4.69) is 86.8 Å². The summed E-state index contributed by atoms with van der Waals surface area (Å²) >= 11 is 0. The monoisotopic (exact) mass is 874 g/mol. The number of hydrogen-bond donors (Lipinski definition) is 2. The zero-order chi connectivity index (χ0) is 44.6. The fourth-order valence-corrected chi connectivity index (χ4v) is 7.01. The first kappa shape index (κ1) is 58.2. The van der Waals surface area contributed by atoms with Crippen molar-refractivity contribution in [2.75, 3.05) is 26.4 Å². The van der Waals surface area contributed by atoms with Crippen molar-refractivity contribution in [3.8, 4) is 0 Å². The lowest BCUT2D eigenvalue weighted by atomic mass is 10.1. The van der Waals surface area contributed by atoms with Crippen LogP contribution in [0.15, 0.2) is 85.1 Å². The number of ether oxygens (including phenoxy) is 2. The molecule has 0 aliphatic heterocycles. The number of rotatable bonds is 44.